The van der Waals surface area contributed by atoms with Crippen molar-refractivity contribution in [2.24, 2.45) is 16.8 Å². The van der Waals surface area contributed by atoms with Crippen LogP contribution in [0.4, 0.5) is 0 Å². The molecule has 0 aromatic carbocycles. The summed E-state index contributed by atoms with van der Waals surface area (Å²) in [4.78, 5) is 4.85. The molecule has 0 aromatic heterocycles. The van der Waals surface area contributed by atoms with Crippen molar-refractivity contribution >= 4 is 5.84 Å². The summed E-state index contributed by atoms with van der Waals surface area (Å²) in [7, 11) is 0. The van der Waals surface area contributed by atoms with Crippen LogP contribution in [-0.4, -0.2) is 59.6 Å². The lowest BCUT2D eigenvalue weighted by molar-refractivity contribution is 0.104. The maximum absolute atomic E-state index is 8.59. The molecule has 0 amide bonds. The predicted molar refractivity (Wildman–Crippen MR) is 65.7 cm³/mol. The van der Waals surface area contributed by atoms with Gasteiger partial charge in [-0.1, -0.05) is 12.1 Å². The molecule has 94 valence electrons. The van der Waals surface area contributed by atoms with Crippen molar-refractivity contribution in [1.82, 2.24) is 9.80 Å². The van der Waals surface area contributed by atoms with E-state index in [2.05, 4.69) is 28.8 Å². The van der Waals surface area contributed by atoms with Crippen LogP contribution in [0.5, 0.6) is 0 Å². The number of oxime groups is 1. The average Bonchev–Trinajstić information content (AvgIpc) is 2.28. The van der Waals surface area contributed by atoms with E-state index >= 15 is 0 Å². The molecule has 1 saturated heterocycles. The number of rotatable bonds is 4. The number of nitrogens with two attached hydrogens (primary N) is 1. The molecule has 5 heteroatoms. The van der Waals surface area contributed by atoms with Gasteiger partial charge in [0.1, 0.15) is 5.84 Å². The highest BCUT2D eigenvalue weighted by atomic mass is 16.4. The first-order chi connectivity index (χ1) is 7.54. The Morgan fingerprint density at radius 2 is 1.81 bits per heavy atom. The topological polar surface area (TPSA) is 65.1 Å². The lowest BCUT2D eigenvalue weighted by atomic mass is 10.1. The fraction of sp³-hybridized carbons (Fsp3) is 0.909. The first-order valence-corrected chi connectivity index (χ1v) is 5.98. The summed E-state index contributed by atoms with van der Waals surface area (Å²) in [5, 5.41) is 11.6. The molecule has 0 radical (unpaired) electrons. The van der Waals surface area contributed by atoms with Crippen molar-refractivity contribution in [2.75, 3.05) is 32.7 Å². The zero-order valence-electron chi connectivity index (χ0n) is 10.6. The Bertz CT molecular complexity index is 234. The van der Waals surface area contributed by atoms with Crippen LogP contribution in [0.15, 0.2) is 5.16 Å². The number of amidine groups is 1. The highest BCUT2D eigenvalue weighted by Gasteiger charge is 2.20. The van der Waals surface area contributed by atoms with Crippen molar-refractivity contribution in [1.29, 1.82) is 0 Å². The Morgan fingerprint density at radius 3 is 2.25 bits per heavy atom. The normalized spacial score (nSPS) is 22.6. The lowest BCUT2D eigenvalue weighted by Crippen LogP contribution is -2.50. The molecule has 0 saturated carbocycles. The molecule has 1 rings (SSSR count). The van der Waals surface area contributed by atoms with Crippen molar-refractivity contribution in [3.8, 4) is 0 Å². The molecule has 0 aliphatic carbocycles. The van der Waals surface area contributed by atoms with Crippen LogP contribution in [-0.2, 0) is 0 Å². The SMILES string of the molecule is CC(CN1CCN(C(C)C)CC1)/C(N)=N/O. The van der Waals surface area contributed by atoms with Crippen LogP contribution < -0.4 is 5.73 Å². The fourth-order valence-corrected chi connectivity index (χ4v) is 2.04. The van der Waals surface area contributed by atoms with Gasteiger partial charge in [0.25, 0.3) is 0 Å². The van der Waals surface area contributed by atoms with Crippen molar-refractivity contribution in [3.05, 3.63) is 0 Å². The molecule has 5 nitrogen and oxygen atoms in total. The predicted octanol–water partition coefficient (Wildman–Crippen LogP) is 0.395. The van der Waals surface area contributed by atoms with E-state index < -0.39 is 0 Å². The minimum atomic E-state index is 0.121. The van der Waals surface area contributed by atoms with E-state index in [9.17, 15) is 0 Å². The summed E-state index contributed by atoms with van der Waals surface area (Å²) >= 11 is 0. The zero-order valence-corrected chi connectivity index (χ0v) is 10.6. The second kappa shape index (κ2) is 6.06. The molecular weight excluding hydrogens is 204 g/mol. The fourth-order valence-electron chi connectivity index (χ4n) is 2.04. The Morgan fingerprint density at radius 1 is 1.25 bits per heavy atom. The molecule has 3 N–H and O–H groups in total. The Hall–Kier alpha value is -0.810. The second-order valence-corrected chi connectivity index (χ2v) is 4.86. The van der Waals surface area contributed by atoms with E-state index in [-0.39, 0.29) is 5.92 Å². The van der Waals surface area contributed by atoms with Gasteiger partial charge >= 0.3 is 0 Å². The van der Waals surface area contributed by atoms with E-state index in [1.807, 2.05) is 6.92 Å². The van der Waals surface area contributed by atoms with E-state index in [1.54, 1.807) is 0 Å². The van der Waals surface area contributed by atoms with Gasteiger partial charge in [0.05, 0.1) is 0 Å². The molecule has 1 heterocycles. The van der Waals surface area contributed by atoms with E-state index in [0.717, 1.165) is 32.7 Å². The summed E-state index contributed by atoms with van der Waals surface area (Å²) in [5.41, 5.74) is 5.57. The summed E-state index contributed by atoms with van der Waals surface area (Å²) < 4.78 is 0. The lowest BCUT2D eigenvalue weighted by Gasteiger charge is -2.37. The molecule has 1 fully saturated rings. The van der Waals surface area contributed by atoms with Crippen LogP contribution in [0.3, 0.4) is 0 Å². The van der Waals surface area contributed by atoms with Crippen LogP contribution in [0.2, 0.25) is 0 Å². The molecule has 0 bridgehead atoms. The standard InChI is InChI=1S/C11H24N4O/c1-9(2)15-6-4-14(5-7-15)8-10(3)11(12)13-16/h9-10,16H,4-8H2,1-3H3,(H2,12,13). The molecular formula is C11H24N4O. The van der Waals surface area contributed by atoms with Crippen LogP contribution in [0.1, 0.15) is 20.8 Å². The molecule has 0 aromatic rings. The summed E-state index contributed by atoms with van der Waals surface area (Å²) in [6.07, 6.45) is 0. The Kier molecular flexibility index (Phi) is 5.02. The third-order valence-corrected chi connectivity index (χ3v) is 3.29. The van der Waals surface area contributed by atoms with Gasteiger partial charge in [0.15, 0.2) is 0 Å². The van der Waals surface area contributed by atoms with E-state index in [4.69, 9.17) is 10.9 Å². The van der Waals surface area contributed by atoms with Crippen LogP contribution >= 0.6 is 0 Å². The van der Waals surface area contributed by atoms with Gasteiger partial charge in [-0.05, 0) is 13.8 Å². The summed E-state index contributed by atoms with van der Waals surface area (Å²) in [6.45, 7) is 11.7. The van der Waals surface area contributed by atoms with Crippen molar-refractivity contribution in [3.63, 3.8) is 0 Å². The van der Waals surface area contributed by atoms with Gasteiger partial charge < -0.3 is 15.8 Å². The monoisotopic (exact) mass is 228 g/mol. The quantitative estimate of drug-likeness (QED) is 0.316. The Balaban J connectivity index is 2.32. The smallest absolute Gasteiger partial charge is 0.143 e. The van der Waals surface area contributed by atoms with E-state index in [0.29, 0.717) is 11.9 Å². The molecule has 1 unspecified atom stereocenters. The maximum atomic E-state index is 8.59. The molecule has 16 heavy (non-hydrogen) atoms. The number of hydrogen-bond acceptors (Lipinski definition) is 4. The van der Waals surface area contributed by atoms with Gasteiger partial charge in [-0.3, -0.25) is 4.90 Å². The summed E-state index contributed by atoms with van der Waals surface area (Å²) in [6, 6.07) is 0.628. The second-order valence-electron chi connectivity index (χ2n) is 4.86. The Labute approximate surface area is 97.9 Å². The van der Waals surface area contributed by atoms with Gasteiger partial charge in [0, 0.05) is 44.7 Å². The third kappa shape index (κ3) is 3.64. The third-order valence-electron chi connectivity index (χ3n) is 3.29. The minimum Gasteiger partial charge on any atom is -0.409 e. The van der Waals surface area contributed by atoms with Crippen LogP contribution in [0.25, 0.3) is 0 Å². The van der Waals surface area contributed by atoms with Crippen LogP contribution in [0, 0.1) is 5.92 Å². The van der Waals surface area contributed by atoms with Gasteiger partial charge in [-0.15, -0.1) is 0 Å². The van der Waals surface area contributed by atoms with Gasteiger partial charge in [-0.2, -0.15) is 0 Å². The molecule has 1 atom stereocenters. The van der Waals surface area contributed by atoms with Crippen molar-refractivity contribution < 1.29 is 5.21 Å². The largest absolute Gasteiger partial charge is 0.409 e. The number of piperazine rings is 1. The molecule has 1 aliphatic rings. The average molecular weight is 228 g/mol. The first-order valence-electron chi connectivity index (χ1n) is 5.98. The summed E-state index contributed by atoms with van der Waals surface area (Å²) in [5.74, 6) is 0.446. The maximum Gasteiger partial charge on any atom is 0.143 e. The number of nitrogens with zero attached hydrogens (tertiary/aromatic N) is 3. The highest BCUT2D eigenvalue weighted by molar-refractivity contribution is 5.82. The van der Waals surface area contributed by atoms with E-state index in [1.165, 1.54) is 0 Å². The van der Waals surface area contributed by atoms with Gasteiger partial charge in [0.2, 0.25) is 0 Å². The molecule has 0 spiro atoms. The van der Waals surface area contributed by atoms with Crippen molar-refractivity contribution in [2.45, 2.75) is 26.8 Å². The first kappa shape index (κ1) is 13.3. The van der Waals surface area contributed by atoms with Gasteiger partial charge in [-0.25, -0.2) is 0 Å². The molecule has 1 aliphatic heterocycles. The minimum absolute atomic E-state index is 0.121. The number of hydrogen-bond donors (Lipinski definition) is 2. The highest BCUT2D eigenvalue weighted by Crippen LogP contribution is 2.08. The zero-order chi connectivity index (χ0) is 12.1.